The van der Waals surface area contributed by atoms with Crippen molar-refractivity contribution in [1.29, 1.82) is 5.26 Å². The number of rotatable bonds is 4. The van der Waals surface area contributed by atoms with Crippen molar-refractivity contribution in [2.75, 3.05) is 6.61 Å². The van der Waals surface area contributed by atoms with Crippen molar-refractivity contribution in [2.45, 2.75) is 38.1 Å². The molecule has 0 aromatic heterocycles. The normalized spacial score (nSPS) is 15.8. The number of nitrogens with zero attached hydrogens (tertiary/aromatic N) is 1. The van der Waals surface area contributed by atoms with Crippen molar-refractivity contribution < 1.29 is 19.4 Å². The number of hydrogen-bond acceptors (Lipinski definition) is 5. The maximum absolute atomic E-state index is 11.9. The number of nitriles is 1. The minimum atomic E-state index is -0.838. The van der Waals surface area contributed by atoms with E-state index in [2.05, 4.69) is 11.4 Å². The van der Waals surface area contributed by atoms with Crippen LogP contribution in [-0.4, -0.2) is 29.1 Å². The number of phenols is 1. The average molecular weight is 302 g/mol. The van der Waals surface area contributed by atoms with E-state index in [0.717, 1.165) is 18.4 Å². The topological polar surface area (TPSA) is 99.4 Å². The van der Waals surface area contributed by atoms with Gasteiger partial charge >= 0.3 is 5.97 Å². The Morgan fingerprint density at radius 3 is 2.73 bits per heavy atom. The van der Waals surface area contributed by atoms with E-state index < -0.39 is 24.0 Å². The minimum absolute atomic E-state index is 0.0173. The molecular formula is C16H18N2O4. The van der Waals surface area contributed by atoms with Crippen LogP contribution in [0, 0.1) is 18.3 Å². The molecule has 1 aromatic carbocycles. The zero-order valence-corrected chi connectivity index (χ0v) is 12.4. The standard InChI is InChI=1S/C16H18N2O4/c1-11-4-5-13(19)12(8-11)15(21)22-9-14(20)18-16(10-17)6-2-3-7-16/h4-5,8,19H,2-3,6-7,9H2,1H3,(H,18,20). The highest BCUT2D eigenvalue weighted by Crippen LogP contribution is 2.28. The van der Waals surface area contributed by atoms with E-state index in [1.165, 1.54) is 12.1 Å². The fourth-order valence-electron chi connectivity index (χ4n) is 2.57. The summed E-state index contributed by atoms with van der Waals surface area (Å²) in [5.74, 6) is -1.47. The molecule has 0 heterocycles. The molecule has 1 aromatic rings. The molecule has 1 aliphatic rings. The van der Waals surface area contributed by atoms with Crippen molar-refractivity contribution in [3.8, 4) is 11.8 Å². The number of benzene rings is 1. The van der Waals surface area contributed by atoms with Crippen LogP contribution in [0.5, 0.6) is 5.75 Å². The van der Waals surface area contributed by atoms with Crippen molar-refractivity contribution in [1.82, 2.24) is 5.32 Å². The van der Waals surface area contributed by atoms with Crippen molar-refractivity contribution in [3.63, 3.8) is 0 Å². The number of carbonyl (C=O) groups excluding carboxylic acids is 2. The molecule has 1 fully saturated rings. The lowest BCUT2D eigenvalue weighted by atomic mass is 10.00. The van der Waals surface area contributed by atoms with Crippen LogP contribution in [0.25, 0.3) is 0 Å². The molecule has 0 radical (unpaired) electrons. The Hall–Kier alpha value is -2.55. The van der Waals surface area contributed by atoms with Crippen molar-refractivity contribution >= 4 is 11.9 Å². The summed E-state index contributed by atoms with van der Waals surface area (Å²) >= 11 is 0. The highest BCUT2D eigenvalue weighted by atomic mass is 16.5. The van der Waals surface area contributed by atoms with E-state index >= 15 is 0 Å². The van der Waals surface area contributed by atoms with Gasteiger partial charge in [-0.1, -0.05) is 11.6 Å². The molecule has 2 rings (SSSR count). The summed E-state index contributed by atoms with van der Waals surface area (Å²) in [4.78, 5) is 23.7. The Kier molecular flexibility index (Phi) is 4.66. The monoisotopic (exact) mass is 302 g/mol. The molecule has 2 N–H and O–H groups in total. The summed E-state index contributed by atoms with van der Waals surface area (Å²) in [6.07, 6.45) is 3.01. The van der Waals surface area contributed by atoms with Crippen LogP contribution in [0.15, 0.2) is 18.2 Å². The summed E-state index contributed by atoms with van der Waals surface area (Å²) in [5, 5.41) is 21.5. The van der Waals surface area contributed by atoms with Crippen LogP contribution in [0.3, 0.4) is 0 Å². The molecule has 6 nitrogen and oxygen atoms in total. The number of hydrogen-bond donors (Lipinski definition) is 2. The predicted octanol–water partition coefficient (Wildman–Crippen LogP) is 1.81. The molecule has 0 spiro atoms. The van der Waals surface area contributed by atoms with Gasteiger partial charge in [0.1, 0.15) is 16.9 Å². The second-order valence-corrected chi connectivity index (χ2v) is 5.55. The average Bonchev–Trinajstić information content (AvgIpc) is 2.96. The van der Waals surface area contributed by atoms with Crippen molar-refractivity contribution in [2.24, 2.45) is 0 Å². The lowest BCUT2D eigenvalue weighted by Gasteiger charge is -2.21. The molecule has 1 amide bonds. The van der Waals surface area contributed by atoms with Gasteiger partial charge in [0, 0.05) is 0 Å². The van der Waals surface area contributed by atoms with Gasteiger partial charge in [0.15, 0.2) is 6.61 Å². The number of amides is 1. The predicted molar refractivity (Wildman–Crippen MR) is 78.1 cm³/mol. The first-order valence-electron chi connectivity index (χ1n) is 7.15. The van der Waals surface area contributed by atoms with E-state index in [4.69, 9.17) is 4.74 Å². The first-order chi connectivity index (χ1) is 10.5. The van der Waals surface area contributed by atoms with E-state index in [1.54, 1.807) is 13.0 Å². The first kappa shape index (κ1) is 15.8. The lowest BCUT2D eigenvalue weighted by Crippen LogP contribution is -2.46. The van der Waals surface area contributed by atoms with Crippen LogP contribution in [0.4, 0.5) is 0 Å². The highest BCUT2D eigenvalue weighted by molar-refractivity contribution is 5.94. The molecular weight excluding hydrogens is 284 g/mol. The maximum atomic E-state index is 11.9. The number of nitrogens with one attached hydrogen (secondary N) is 1. The summed E-state index contributed by atoms with van der Waals surface area (Å²) < 4.78 is 4.91. The van der Waals surface area contributed by atoms with Gasteiger partial charge in [-0.15, -0.1) is 0 Å². The number of ether oxygens (including phenoxy) is 1. The van der Waals surface area contributed by atoms with Gasteiger partial charge in [0.05, 0.1) is 6.07 Å². The van der Waals surface area contributed by atoms with E-state index in [0.29, 0.717) is 12.8 Å². The van der Waals surface area contributed by atoms with E-state index in [-0.39, 0.29) is 11.3 Å². The smallest absolute Gasteiger partial charge is 0.342 e. The van der Waals surface area contributed by atoms with E-state index in [1.807, 2.05) is 0 Å². The Labute approximate surface area is 128 Å². The fourth-order valence-corrected chi connectivity index (χ4v) is 2.57. The van der Waals surface area contributed by atoms with Gasteiger partial charge < -0.3 is 15.2 Å². The number of aromatic hydroxyl groups is 1. The van der Waals surface area contributed by atoms with Crippen LogP contribution < -0.4 is 5.32 Å². The summed E-state index contributed by atoms with van der Waals surface area (Å²) in [6.45, 7) is 1.30. The molecule has 116 valence electrons. The lowest BCUT2D eigenvalue weighted by molar-refractivity contribution is -0.125. The van der Waals surface area contributed by atoms with E-state index in [9.17, 15) is 20.0 Å². The molecule has 0 bridgehead atoms. The summed E-state index contributed by atoms with van der Waals surface area (Å²) in [6, 6.07) is 6.68. The first-order valence-corrected chi connectivity index (χ1v) is 7.15. The van der Waals surface area contributed by atoms with Crippen LogP contribution in [0.1, 0.15) is 41.6 Å². The molecule has 0 atom stereocenters. The highest BCUT2D eigenvalue weighted by Gasteiger charge is 2.35. The largest absolute Gasteiger partial charge is 0.507 e. The number of esters is 1. The summed E-state index contributed by atoms with van der Waals surface area (Å²) in [5.41, 5.74) is -0.0261. The third-order valence-corrected chi connectivity index (χ3v) is 3.76. The SMILES string of the molecule is Cc1ccc(O)c(C(=O)OCC(=O)NC2(C#N)CCCC2)c1. The van der Waals surface area contributed by atoms with Gasteiger partial charge in [-0.05, 0) is 44.7 Å². The Morgan fingerprint density at radius 2 is 2.09 bits per heavy atom. The zero-order valence-electron chi connectivity index (χ0n) is 12.4. The van der Waals surface area contributed by atoms with Crippen molar-refractivity contribution in [3.05, 3.63) is 29.3 Å². The molecule has 0 saturated heterocycles. The molecule has 0 aliphatic heterocycles. The zero-order chi connectivity index (χ0) is 16.2. The Bertz CT molecular complexity index is 628. The minimum Gasteiger partial charge on any atom is -0.507 e. The third kappa shape index (κ3) is 3.55. The summed E-state index contributed by atoms with van der Waals surface area (Å²) in [7, 11) is 0. The maximum Gasteiger partial charge on any atom is 0.342 e. The van der Waals surface area contributed by atoms with Gasteiger partial charge in [0.25, 0.3) is 5.91 Å². The molecule has 0 unspecified atom stereocenters. The number of carbonyl (C=O) groups is 2. The number of aryl methyl sites for hydroxylation is 1. The Balaban J connectivity index is 1.92. The Morgan fingerprint density at radius 1 is 1.41 bits per heavy atom. The molecule has 1 aliphatic carbocycles. The van der Waals surface area contributed by atoms with Gasteiger partial charge in [-0.25, -0.2) is 4.79 Å². The molecule has 6 heteroatoms. The third-order valence-electron chi connectivity index (χ3n) is 3.76. The second kappa shape index (κ2) is 6.48. The molecule has 22 heavy (non-hydrogen) atoms. The van der Waals surface area contributed by atoms with Gasteiger partial charge in [-0.3, -0.25) is 4.79 Å². The quantitative estimate of drug-likeness (QED) is 0.826. The molecule has 1 saturated carbocycles. The second-order valence-electron chi connectivity index (χ2n) is 5.55. The van der Waals surface area contributed by atoms with Gasteiger partial charge in [0.2, 0.25) is 0 Å². The van der Waals surface area contributed by atoms with Crippen LogP contribution >= 0.6 is 0 Å². The van der Waals surface area contributed by atoms with Gasteiger partial charge in [-0.2, -0.15) is 5.26 Å². The number of phenolic OH excluding ortho intramolecular Hbond substituents is 1. The van der Waals surface area contributed by atoms with Crippen LogP contribution in [-0.2, 0) is 9.53 Å². The fraction of sp³-hybridized carbons (Fsp3) is 0.438. The van der Waals surface area contributed by atoms with Crippen LogP contribution in [0.2, 0.25) is 0 Å².